The lowest BCUT2D eigenvalue weighted by Gasteiger charge is -2.20. The minimum absolute atomic E-state index is 0.00765. The molecular formula is C25H34N6O3S. The number of rotatable bonds is 7. The van der Waals surface area contributed by atoms with Crippen molar-refractivity contribution in [1.29, 1.82) is 0 Å². The quantitative estimate of drug-likeness (QED) is 0.437. The SMILES string of the molecule is CC[C@@]1(C)NC(=O)N(NC(=O)CSc2nnc(-c3ccc(C(C)(C)C)cc3)n2C2CCCC2)C1=O. The average molecular weight is 499 g/mol. The Kier molecular flexibility index (Phi) is 6.95. The first-order valence-electron chi connectivity index (χ1n) is 12.2. The van der Waals surface area contributed by atoms with Gasteiger partial charge in [0.05, 0.1) is 5.75 Å². The number of hydrogen-bond donors (Lipinski definition) is 2. The third-order valence-corrected chi connectivity index (χ3v) is 7.84. The molecule has 2 aliphatic rings. The molecule has 0 spiro atoms. The van der Waals surface area contributed by atoms with Gasteiger partial charge in [-0.2, -0.15) is 5.01 Å². The summed E-state index contributed by atoms with van der Waals surface area (Å²) in [4.78, 5) is 37.4. The molecule has 1 aliphatic carbocycles. The fourth-order valence-corrected chi connectivity index (χ4v) is 5.29. The van der Waals surface area contributed by atoms with Crippen LogP contribution in [0.1, 0.15) is 78.3 Å². The van der Waals surface area contributed by atoms with Gasteiger partial charge in [-0.1, -0.05) is 76.6 Å². The topological polar surface area (TPSA) is 109 Å². The molecule has 2 aromatic rings. The third-order valence-electron chi connectivity index (χ3n) is 6.90. The number of carbonyl (C=O) groups excluding carboxylic acids is 3. The molecule has 1 aromatic carbocycles. The van der Waals surface area contributed by atoms with Crippen LogP contribution < -0.4 is 10.7 Å². The van der Waals surface area contributed by atoms with Crippen LogP contribution in [0.3, 0.4) is 0 Å². The minimum Gasteiger partial charge on any atom is -0.322 e. The Bertz CT molecular complexity index is 1120. The van der Waals surface area contributed by atoms with Crippen molar-refractivity contribution < 1.29 is 14.4 Å². The van der Waals surface area contributed by atoms with Crippen LogP contribution in [0.4, 0.5) is 4.79 Å². The van der Waals surface area contributed by atoms with Gasteiger partial charge in [0.2, 0.25) is 5.91 Å². The van der Waals surface area contributed by atoms with E-state index in [0.717, 1.165) is 42.1 Å². The number of amides is 4. The highest BCUT2D eigenvalue weighted by Gasteiger charge is 2.47. The minimum atomic E-state index is -1.00. The van der Waals surface area contributed by atoms with E-state index in [9.17, 15) is 14.4 Å². The van der Waals surface area contributed by atoms with Gasteiger partial charge in [0.1, 0.15) is 5.54 Å². The van der Waals surface area contributed by atoms with Crippen LogP contribution in [0.2, 0.25) is 0 Å². The van der Waals surface area contributed by atoms with E-state index in [0.29, 0.717) is 11.6 Å². The van der Waals surface area contributed by atoms with Gasteiger partial charge in [0, 0.05) is 11.6 Å². The second-order valence-electron chi connectivity index (χ2n) is 10.5. The molecule has 0 radical (unpaired) electrons. The first-order valence-corrected chi connectivity index (χ1v) is 13.2. The summed E-state index contributed by atoms with van der Waals surface area (Å²) in [6.07, 6.45) is 4.82. The van der Waals surface area contributed by atoms with E-state index in [1.807, 2.05) is 6.92 Å². The summed E-state index contributed by atoms with van der Waals surface area (Å²) in [5.41, 5.74) is 3.74. The van der Waals surface area contributed by atoms with E-state index < -0.39 is 23.4 Å². The summed E-state index contributed by atoms with van der Waals surface area (Å²) >= 11 is 1.26. The smallest absolute Gasteiger partial charge is 0.322 e. The molecule has 1 aliphatic heterocycles. The molecule has 188 valence electrons. The first-order chi connectivity index (χ1) is 16.5. The molecule has 1 aromatic heterocycles. The fourth-order valence-electron chi connectivity index (χ4n) is 4.50. The van der Waals surface area contributed by atoms with Crippen molar-refractivity contribution in [2.45, 2.75) is 88.9 Å². The van der Waals surface area contributed by atoms with Crippen LogP contribution in [0.5, 0.6) is 0 Å². The van der Waals surface area contributed by atoms with Crippen molar-refractivity contribution in [3.8, 4) is 11.4 Å². The van der Waals surface area contributed by atoms with Gasteiger partial charge >= 0.3 is 6.03 Å². The maximum Gasteiger partial charge on any atom is 0.344 e. The van der Waals surface area contributed by atoms with E-state index in [4.69, 9.17) is 0 Å². The van der Waals surface area contributed by atoms with Crippen LogP contribution in [0, 0.1) is 0 Å². The van der Waals surface area contributed by atoms with E-state index in [-0.39, 0.29) is 17.2 Å². The maximum absolute atomic E-state index is 12.6. The number of imide groups is 1. The lowest BCUT2D eigenvalue weighted by molar-refractivity contribution is -0.137. The van der Waals surface area contributed by atoms with Gasteiger partial charge in [-0.25, -0.2) is 4.79 Å². The lowest BCUT2D eigenvalue weighted by atomic mass is 9.86. The Morgan fingerprint density at radius 2 is 1.83 bits per heavy atom. The van der Waals surface area contributed by atoms with Gasteiger partial charge in [0.25, 0.3) is 5.91 Å². The highest BCUT2D eigenvalue weighted by Crippen LogP contribution is 2.37. The van der Waals surface area contributed by atoms with Crippen molar-refractivity contribution in [2.24, 2.45) is 0 Å². The van der Waals surface area contributed by atoms with Crippen LogP contribution in [0.25, 0.3) is 11.4 Å². The largest absolute Gasteiger partial charge is 0.344 e. The standard InChI is InChI=1S/C25H34N6O3S/c1-6-25(5)21(33)31(22(34)26-25)29-19(32)15-35-23-28-27-20(30(23)18-9-7-8-10-18)16-11-13-17(14-12-16)24(2,3)4/h11-14,18H,6-10,15H2,1-5H3,(H,26,34)(H,29,32)/t25-/m1/s1. The molecule has 2 N–H and O–H groups in total. The molecule has 35 heavy (non-hydrogen) atoms. The molecule has 9 nitrogen and oxygen atoms in total. The zero-order valence-corrected chi connectivity index (χ0v) is 21.9. The number of carbonyl (C=O) groups is 3. The number of nitrogens with one attached hydrogen (secondary N) is 2. The second-order valence-corrected chi connectivity index (χ2v) is 11.5. The summed E-state index contributed by atoms with van der Waals surface area (Å²) in [5, 5.41) is 13.0. The normalized spacial score (nSPS) is 21.0. The molecule has 4 rings (SSSR count). The van der Waals surface area contributed by atoms with Crippen molar-refractivity contribution >= 4 is 29.6 Å². The Balaban J connectivity index is 1.50. The lowest BCUT2D eigenvalue weighted by Crippen LogP contribution is -2.49. The maximum atomic E-state index is 12.6. The predicted molar refractivity (Wildman–Crippen MR) is 135 cm³/mol. The monoisotopic (exact) mass is 498 g/mol. The van der Waals surface area contributed by atoms with E-state index >= 15 is 0 Å². The molecule has 10 heteroatoms. The number of benzene rings is 1. The molecule has 1 saturated heterocycles. The van der Waals surface area contributed by atoms with Gasteiger partial charge in [-0.3, -0.25) is 19.6 Å². The Morgan fingerprint density at radius 1 is 1.17 bits per heavy atom. The van der Waals surface area contributed by atoms with Crippen molar-refractivity contribution in [1.82, 2.24) is 30.5 Å². The first kappa shape index (κ1) is 25.2. The van der Waals surface area contributed by atoms with E-state index in [1.54, 1.807) is 6.92 Å². The van der Waals surface area contributed by atoms with Crippen molar-refractivity contribution in [3.05, 3.63) is 29.8 Å². The Morgan fingerprint density at radius 3 is 2.40 bits per heavy atom. The molecule has 2 heterocycles. The number of aromatic nitrogens is 3. The zero-order valence-electron chi connectivity index (χ0n) is 21.1. The predicted octanol–water partition coefficient (Wildman–Crippen LogP) is 4.20. The van der Waals surface area contributed by atoms with Crippen LogP contribution >= 0.6 is 11.8 Å². The number of nitrogens with zero attached hydrogens (tertiary/aromatic N) is 4. The highest BCUT2D eigenvalue weighted by molar-refractivity contribution is 7.99. The highest BCUT2D eigenvalue weighted by atomic mass is 32.2. The number of hydrogen-bond acceptors (Lipinski definition) is 6. The molecule has 2 fully saturated rings. The van der Waals surface area contributed by atoms with Crippen LogP contribution in [-0.2, 0) is 15.0 Å². The van der Waals surface area contributed by atoms with E-state index in [1.165, 1.54) is 17.3 Å². The molecule has 4 amide bonds. The Labute approximate surface area is 210 Å². The molecule has 0 bridgehead atoms. The summed E-state index contributed by atoms with van der Waals surface area (Å²) in [6.45, 7) is 10.0. The van der Waals surface area contributed by atoms with Gasteiger partial charge in [-0.15, -0.1) is 10.2 Å². The molecule has 1 atom stereocenters. The molecule has 0 unspecified atom stereocenters. The fraction of sp³-hybridized carbons (Fsp3) is 0.560. The van der Waals surface area contributed by atoms with Crippen LogP contribution in [0.15, 0.2) is 29.4 Å². The third kappa shape index (κ3) is 5.07. The number of thioether (sulfide) groups is 1. The summed E-state index contributed by atoms with van der Waals surface area (Å²) in [7, 11) is 0. The molecule has 1 saturated carbocycles. The second kappa shape index (κ2) is 9.64. The van der Waals surface area contributed by atoms with Crippen molar-refractivity contribution in [2.75, 3.05) is 5.75 Å². The summed E-state index contributed by atoms with van der Waals surface area (Å²) in [6, 6.07) is 8.09. The molecular weight excluding hydrogens is 464 g/mol. The number of hydrazine groups is 1. The van der Waals surface area contributed by atoms with Crippen LogP contribution in [-0.4, -0.2) is 48.9 Å². The summed E-state index contributed by atoms with van der Waals surface area (Å²) in [5.74, 6) is -0.101. The van der Waals surface area contributed by atoms with Gasteiger partial charge < -0.3 is 5.32 Å². The summed E-state index contributed by atoms with van der Waals surface area (Å²) < 4.78 is 2.15. The number of urea groups is 1. The van der Waals surface area contributed by atoms with Crippen molar-refractivity contribution in [3.63, 3.8) is 0 Å². The van der Waals surface area contributed by atoms with Gasteiger partial charge in [0.15, 0.2) is 11.0 Å². The zero-order chi connectivity index (χ0) is 25.4. The van der Waals surface area contributed by atoms with E-state index in [2.05, 4.69) is 70.5 Å². The van der Waals surface area contributed by atoms with Gasteiger partial charge in [-0.05, 0) is 37.2 Å². The average Bonchev–Trinajstić information content (AvgIpc) is 3.53. The Hall–Kier alpha value is -2.88.